The fraction of sp³-hybridized carbons (Fsp3) is 0.167. The van der Waals surface area contributed by atoms with Gasteiger partial charge in [-0.25, -0.2) is 4.99 Å². The van der Waals surface area contributed by atoms with Crippen LogP contribution in [0.2, 0.25) is 0 Å². The molecule has 6 heteroatoms. The van der Waals surface area contributed by atoms with Gasteiger partial charge in [0.05, 0.1) is 6.67 Å². The molecule has 0 saturated heterocycles. The Morgan fingerprint density at radius 3 is 2.42 bits per heavy atom. The highest BCUT2D eigenvalue weighted by Crippen LogP contribution is 1.97. The average Bonchev–Trinajstić information content (AvgIpc) is 2.06. The summed E-state index contributed by atoms with van der Waals surface area (Å²) in [7, 11) is 0. The van der Waals surface area contributed by atoms with Crippen LogP contribution in [0, 0.1) is 11.3 Å². The van der Waals surface area contributed by atoms with Crippen molar-refractivity contribution >= 4 is 12.6 Å². The van der Waals surface area contributed by atoms with E-state index in [-0.39, 0.29) is 23.9 Å². The van der Waals surface area contributed by atoms with E-state index >= 15 is 0 Å². The Morgan fingerprint density at radius 2 is 2.08 bits per heavy atom. The molecule has 0 aromatic carbocycles. The third kappa shape index (κ3) is 2.40. The lowest BCUT2D eigenvalue weighted by Gasteiger charge is -1.98. The zero-order valence-electron chi connectivity index (χ0n) is 6.49. The van der Waals surface area contributed by atoms with E-state index in [0.717, 1.165) is 0 Å². The Kier molecular flexibility index (Phi) is 4.11. The van der Waals surface area contributed by atoms with Crippen molar-refractivity contribution in [2.24, 2.45) is 27.2 Å². The summed E-state index contributed by atoms with van der Waals surface area (Å²) in [5, 5.41) is 8.55. The summed E-state index contributed by atoms with van der Waals surface area (Å²) in [5.74, 6) is -0.0721. The number of nitriles is 1. The molecule has 0 radical (unpaired) electrons. The van der Waals surface area contributed by atoms with E-state index < -0.39 is 0 Å². The highest BCUT2D eigenvalue weighted by Gasteiger charge is 2.05. The first-order valence-corrected chi connectivity index (χ1v) is 3.04. The monoisotopic (exact) mass is 166 g/mol. The van der Waals surface area contributed by atoms with E-state index in [0.29, 0.717) is 0 Å². The Balaban J connectivity index is 4.95. The third-order valence-electron chi connectivity index (χ3n) is 1.06. The largest absolute Gasteiger partial charge is 0.383 e. The molecule has 0 atom stereocenters. The highest BCUT2D eigenvalue weighted by atomic mass is 14.9. The highest BCUT2D eigenvalue weighted by molar-refractivity contribution is 6.01. The molecule has 0 aromatic rings. The molecule has 0 fully saturated rings. The van der Waals surface area contributed by atoms with Crippen LogP contribution in [0.4, 0.5) is 0 Å². The van der Waals surface area contributed by atoms with E-state index in [1.807, 2.05) is 0 Å². The number of nitrogens with zero attached hydrogens (tertiary/aromatic N) is 3. The molecular formula is C6H10N6. The van der Waals surface area contributed by atoms with Gasteiger partial charge in [0.25, 0.3) is 0 Å². The van der Waals surface area contributed by atoms with Crippen LogP contribution >= 0.6 is 0 Å². The van der Waals surface area contributed by atoms with Crippen molar-refractivity contribution in [1.82, 2.24) is 0 Å². The van der Waals surface area contributed by atoms with Crippen molar-refractivity contribution in [3.63, 3.8) is 0 Å². The Morgan fingerprint density at radius 1 is 1.50 bits per heavy atom. The van der Waals surface area contributed by atoms with Crippen LogP contribution < -0.4 is 17.2 Å². The summed E-state index contributed by atoms with van der Waals surface area (Å²) in [6.07, 6.45) is 0. The Bertz CT molecular complexity index is 268. The molecule has 6 N–H and O–H groups in total. The fourth-order valence-corrected chi connectivity index (χ4v) is 0.502. The molecule has 0 aliphatic carbocycles. The first-order valence-electron chi connectivity index (χ1n) is 3.04. The van der Waals surface area contributed by atoms with Crippen LogP contribution in [0.5, 0.6) is 0 Å². The molecule has 0 heterocycles. The van der Waals surface area contributed by atoms with Crippen LogP contribution in [0.15, 0.2) is 21.4 Å². The summed E-state index contributed by atoms with van der Waals surface area (Å²) in [6.45, 7) is 3.15. The molecule has 0 spiro atoms. The van der Waals surface area contributed by atoms with Gasteiger partial charge in [0.2, 0.25) is 0 Å². The first-order chi connectivity index (χ1) is 5.67. The lowest BCUT2D eigenvalue weighted by molar-refractivity contribution is 1.06. The minimum Gasteiger partial charge on any atom is -0.383 e. The number of rotatable bonds is 3. The molecular weight excluding hydrogens is 156 g/mol. The second-order valence-electron chi connectivity index (χ2n) is 1.76. The first kappa shape index (κ1) is 10.1. The van der Waals surface area contributed by atoms with Crippen molar-refractivity contribution in [3.8, 4) is 6.07 Å². The molecule has 0 unspecified atom stereocenters. The number of nitrogens with two attached hydrogens (primary N) is 3. The summed E-state index contributed by atoms with van der Waals surface area (Å²) in [6, 6.07) is 1.75. The number of amidine groups is 1. The minimum absolute atomic E-state index is 0.00142. The van der Waals surface area contributed by atoms with Gasteiger partial charge < -0.3 is 17.2 Å². The van der Waals surface area contributed by atoms with Gasteiger partial charge >= 0.3 is 0 Å². The Hall–Kier alpha value is -1.87. The van der Waals surface area contributed by atoms with Crippen molar-refractivity contribution in [3.05, 3.63) is 11.4 Å². The van der Waals surface area contributed by atoms with Crippen LogP contribution in [0.25, 0.3) is 0 Å². The van der Waals surface area contributed by atoms with Crippen LogP contribution in [0.1, 0.15) is 0 Å². The molecule has 64 valence electrons. The average molecular weight is 166 g/mol. The molecule has 0 saturated carbocycles. The van der Waals surface area contributed by atoms with Crippen molar-refractivity contribution < 1.29 is 0 Å². The Labute approximate surface area is 70.1 Å². The number of hydrogen-bond acceptors (Lipinski definition) is 5. The predicted molar refractivity (Wildman–Crippen MR) is 47.1 cm³/mol. The van der Waals surface area contributed by atoms with E-state index in [2.05, 4.69) is 16.7 Å². The molecule has 0 amide bonds. The normalized spacial score (nSPS) is 13.2. The van der Waals surface area contributed by atoms with E-state index in [9.17, 15) is 0 Å². The maximum Gasteiger partial charge on any atom is 0.144 e. The lowest BCUT2D eigenvalue weighted by atomic mass is 10.3. The molecule has 0 bridgehead atoms. The summed E-state index contributed by atoms with van der Waals surface area (Å²) in [4.78, 5) is 6.94. The lowest BCUT2D eigenvalue weighted by Crippen LogP contribution is -2.19. The molecule has 0 aliphatic heterocycles. The summed E-state index contributed by atoms with van der Waals surface area (Å²) in [5.41, 5.74) is 15.7. The molecule has 0 rings (SSSR count). The zero-order valence-corrected chi connectivity index (χ0v) is 6.49. The van der Waals surface area contributed by atoms with Crippen LogP contribution in [-0.2, 0) is 0 Å². The number of hydrogen-bond donors (Lipinski definition) is 3. The van der Waals surface area contributed by atoms with Gasteiger partial charge in [0.1, 0.15) is 23.3 Å². The molecule has 0 aromatic heterocycles. The van der Waals surface area contributed by atoms with Crippen molar-refractivity contribution in [2.75, 3.05) is 6.67 Å². The molecule has 0 aliphatic rings. The van der Waals surface area contributed by atoms with E-state index in [4.69, 9.17) is 22.5 Å². The van der Waals surface area contributed by atoms with Gasteiger partial charge in [-0.2, -0.15) is 5.26 Å². The van der Waals surface area contributed by atoms with E-state index in [1.165, 1.54) is 0 Å². The van der Waals surface area contributed by atoms with Gasteiger partial charge in [-0.05, 0) is 6.72 Å². The summed E-state index contributed by atoms with van der Waals surface area (Å²) < 4.78 is 0. The predicted octanol–water partition coefficient (Wildman–Crippen LogP) is -1.35. The van der Waals surface area contributed by atoms with Gasteiger partial charge in [-0.3, -0.25) is 4.99 Å². The molecule has 12 heavy (non-hydrogen) atoms. The zero-order chi connectivity index (χ0) is 9.56. The molecule has 6 nitrogen and oxygen atoms in total. The fourth-order valence-electron chi connectivity index (χ4n) is 0.502. The smallest absolute Gasteiger partial charge is 0.144 e. The SMILES string of the molecule is C=N/C(N)=C(C#N)\C(N)=N/CN. The minimum atomic E-state index is -0.0489. The maximum atomic E-state index is 8.55. The van der Waals surface area contributed by atoms with Crippen molar-refractivity contribution in [2.45, 2.75) is 0 Å². The van der Waals surface area contributed by atoms with Gasteiger partial charge in [0, 0.05) is 0 Å². The van der Waals surface area contributed by atoms with Gasteiger partial charge in [-0.15, -0.1) is 0 Å². The topological polar surface area (TPSA) is 127 Å². The second-order valence-corrected chi connectivity index (χ2v) is 1.76. The van der Waals surface area contributed by atoms with Crippen molar-refractivity contribution in [1.29, 1.82) is 5.26 Å². The van der Waals surface area contributed by atoms with Crippen LogP contribution in [-0.4, -0.2) is 19.2 Å². The standard InChI is InChI=1S/C6H10N6/c1-11-5(9)4(2-7)6(10)12-3-8/h1,3,8-9H2,(H2,10,12)/b5-4-. The summed E-state index contributed by atoms with van der Waals surface area (Å²) >= 11 is 0. The van der Waals surface area contributed by atoms with Gasteiger partial charge in [-0.1, -0.05) is 0 Å². The van der Waals surface area contributed by atoms with Gasteiger partial charge in [0.15, 0.2) is 0 Å². The van der Waals surface area contributed by atoms with Crippen LogP contribution in [0.3, 0.4) is 0 Å². The number of aliphatic imine (C=N–C) groups is 2. The van der Waals surface area contributed by atoms with E-state index in [1.54, 1.807) is 6.07 Å². The third-order valence-corrected chi connectivity index (χ3v) is 1.06. The maximum absolute atomic E-state index is 8.55. The second kappa shape index (κ2) is 4.87. The quantitative estimate of drug-likeness (QED) is 0.272.